The summed E-state index contributed by atoms with van der Waals surface area (Å²) in [6, 6.07) is 1.62. The fourth-order valence-electron chi connectivity index (χ4n) is 2.34. The van der Waals surface area contributed by atoms with E-state index in [1.165, 1.54) is 6.20 Å². The van der Waals surface area contributed by atoms with Crippen LogP contribution >= 0.6 is 0 Å². The molecule has 19 heavy (non-hydrogen) atoms. The van der Waals surface area contributed by atoms with Crippen molar-refractivity contribution in [2.45, 2.75) is 24.8 Å². The van der Waals surface area contributed by atoms with Gasteiger partial charge in [-0.1, -0.05) is 6.92 Å². The van der Waals surface area contributed by atoms with Crippen LogP contribution in [0.1, 0.15) is 19.0 Å². The van der Waals surface area contributed by atoms with Crippen LogP contribution in [0.4, 0.5) is 0 Å². The molecule has 1 aromatic rings. The van der Waals surface area contributed by atoms with Gasteiger partial charge in [0, 0.05) is 44.6 Å². The van der Waals surface area contributed by atoms with Gasteiger partial charge in [-0.25, -0.2) is 8.42 Å². The quantitative estimate of drug-likeness (QED) is 0.809. The van der Waals surface area contributed by atoms with E-state index < -0.39 is 10.0 Å². The van der Waals surface area contributed by atoms with Crippen molar-refractivity contribution in [3.8, 4) is 0 Å². The third-order valence-electron chi connectivity index (χ3n) is 3.45. The molecule has 3 N–H and O–H groups in total. The minimum Gasteiger partial charge on any atom is -0.363 e. The molecule has 2 rings (SSSR count). The Morgan fingerprint density at radius 2 is 2.00 bits per heavy atom. The fraction of sp³-hybridized carbons (Fsp3) is 0.667. The van der Waals surface area contributed by atoms with Crippen molar-refractivity contribution in [2.75, 3.05) is 32.7 Å². The van der Waals surface area contributed by atoms with E-state index in [-0.39, 0.29) is 0 Å². The summed E-state index contributed by atoms with van der Waals surface area (Å²) < 4.78 is 26.4. The van der Waals surface area contributed by atoms with Gasteiger partial charge in [-0.15, -0.1) is 0 Å². The number of hydrogen-bond acceptors (Lipinski definition) is 4. The van der Waals surface area contributed by atoms with Crippen molar-refractivity contribution < 1.29 is 8.42 Å². The molecule has 0 radical (unpaired) electrons. The van der Waals surface area contributed by atoms with Crippen LogP contribution in [0.5, 0.6) is 0 Å². The van der Waals surface area contributed by atoms with E-state index in [1.54, 1.807) is 10.4 Å². The van der Waals surface area contributed by atoms with E-state index >= 15 is 0 Å². The number of nitrogens with zero attached hydrogens (tertiary/aromatic N) is 2. The van der Waals surface area contributed by atoms with E-state index in [4.69, 9.17) is 5.73 Å². The highest BCUT2D eigenvalue weighted by molar-refractivity contribution is 7.89. The van der Waals surface area contributed by atoms with Gasteiger partial charge in [0.2, 0.25) is 10.0 Å². The van der Waals surface area contributed by atoms with Crippen LogP contribution in [0.2, 0.25) is 0 Å². The molecular weight excluding hydrogens is 264 g/mol. The second kappa shape index (κ2) is 6.04. The van der Waals surface area contributed by atoms with E-state index in [0.29, 0.717) is 24.5 Å². The molecule has 0 bridgehead atoms. The van der Waals surface area contributed by atoms with Crippen molar-refractivity contribution >= 4 is 10.0 Å². The Morgan fingerprint density at radius 1 is 1.32 bits per heavy atom. The standard InChI is InChI=1S/C12H22N4O2S/c1-2-3-15-4-6-16(7-5-15)19(17,18)12-8-11(9-13)14-10-12/h8,10,14H,2-7,9,13H2,1H3. The Labute approximate surface area is 114 Å². The molecule has 1 aliphatic heterocycles. The highest BCUT2D eigenvalue weighted by Gasteiger charge is 2.28. The summed E-state index contributed by atoms with van der Waals surface area (Å²) in [7, 11) is -3.37. The van der Waals surface area contributed by atoms with E-state index in [0.717, 1.165) is 31.7 Å². The summed E-state index contributed by atoms with van der Waals surface area (Å²) in [6.07, 6.45) is 2.63. The lowest BCUT2D eigenvalue weighted by molar-refractivity contribution is 0.188. The molecule has 0 atom stereocenters. The molecule has 1 fully saturated rings. The minimum absolute atomic E-state index is 0.317. The number of sulfonamides is 1. The first-order valence-electron chi connectivity index (χ1n) is 6.67. The molecule has 2 heterocycles. The second-order valence-corrected chi connectivity index (χ2v) is 6.75. The molecule has 0 aromatic carbocycles. The number of nitrogens with two attached hydrogens (primary N) is 1. The highest BCUT2D eigenvalue weighted by atomic mass is 32.2. The molecule has 1 aromatic heterocycles. The number of nitrogens with one attached hydrogen (secondary N) is 1. The summed E-state index contributed by atoms with van der Waals surface area (Å²) in [6.45, 7) is 6.23. The maximum Gasteiger partial charge on any atom is 0.244 e. The van der Waals surface area contributed by atoms with Gasteiger partial charge in [-0.05, 0) is 19.0 Å². The Kier molecular flexibility index (Phi) is 4.62. The van der Waals surface area contributed by atoms with Crippen molar-refractivity contribution in [1.29, 1.82) is 0 Å². The average molecular weight is 286 g/mol. The van der Waals surface area contributed by atoms with Crippen LogP contribution in [0.15, 0.2) is 17.2 Å². The molecule has 1 saturated heterocycles. The average Bonchev–Trinajstić information content (AvgIpc) is 2.89. The molecule has 0 amide bonds. The van der Waals surface area contributed by atoms with Crippen LogP contribution in [0.25, 0.3) is 0 Å². The van der Waals surface area contributed by atoms with Gasteiger partial charge in [-0.2, -0.15) is 4.31 Å². The molecule has 6 nitrogen and oxygen atoms in total. The fourth-order valence-corrected chi connectivity index (χ4v) is 3.79. The molecule has 1 aliphatic rings. The summed E-state index contributed by atoms with van der Waals surface area (Å²) >= 11 is 0. The smallest absolute Gasteiger partial charge is 0.244 e. The number of hydrogen-bond donors (Lipinski definition) is 2. The third kappa shape index (κ3) is 3.17. The molecule has 108 valence electrons. The third-order valence-corrected chi connectivity index (χ3v) is 5.32. The topological polar surface area (TPSA) is 82.4 Å². The highest BCUT2D eigenvalue weighted by Crippen LogP contribution is 2.18. The first-order valence-corrected chi connectivity index (χ1v) is 8.11. The zero-order valence-electron chi connectivity index (χ0n) is 11.3. The van der Waals surface area contributed by atoms with Crippen LogP contribution in [0.3, 0.4) is 0 Å². The molecule has 0 spiro atoms. The largest absolute Gasteiger partial charge is 0.363 e. The summed E-state index contributed by atoms with van der Waals surface area (Å²) in [5, 5.41) is 0. The predicted molar refractivity (Wildman–Crippen MR) is 74.2 cm³/mol. The van der Waals surface area contributed by atoms with Gasteiger partial charge in [0.1, 0.15) is 0 Å². The number of aromatic amines is 1. The number of piperazine rings is 1. The molecule has 0 saturated carbocycles. The van der Waals surface area contributed by atoms with Crippen LogP contribution in [-0.4, -0.2) is 55.3 Å². The zero-order chi connectivity index (χ0) is 13.9. The Hall–Kier alpha value is -0.890. The maximum atomic E-state index is 12.4. The SMILES string of the molecule is CCCN1CCN(S(=O)(=O)c2c[nH]c(CN)c2)CC1. The second-order valence-electron chi connectivity index (χ2n) is 4.81. The zero-order valence-corrected chi connectivity index (χ0v) is 12.1. The predicted octanol–water partition coefficient (Wildman–Crippen LogP) is 0.190. The van der Waals surface area contributed by atoms with Crippen LogP contribution in [0, 0.1) is 0 Å². The van der Waals surface area contributed by atoms with E-state index in [9.17, 15) is 8.42 Å². The van der Waals surface area contributed by atoms with Crippen LogP contribution < -0.4 is 5.73 Å². The molecular formula is C12H22N4O2S. The summed E-state index contributed by atoms with van der Waals surface area (Å²) in [5.74, 6) is 0. The molecule has 7 heteroatoms. The first kappa shape index (κ1) is 14.5. The lowest BCUT2D eigenvalue weighted by Gasteiger charge is -2.33. The number of H-pyrrole nitrogens is 1. The Bertz CT molecular complexity index is 504. The van der Waals surface area contributed by atoms with Crippen molar-refractivity contribution in [2.24, 2.45) is 5.73 Å². The van der Waals surface area contributed by atoms with Crippen molar-refractivity contribution in [1.82, 2.24) is 14.2 Å². The van der Waals surface area contributed by atoms with Gasteiger partial charge in [0.15, 0.2) is 0 Å². The Balaban J connectivity index is 2.05. The lowest BCUT2D eigenvalue weighted by atomic mass is 10.3. The van der Waals surface area contributed by atoms with Gasteiger partial charge in [0.25, 0.3) is 0 Å². The van der Waals surface area contributed by atoms with Crippen molar-refractivity contribution in [3.05, 3.63) is 18.0 Å². The summed E-state index contributed by atoms with van der Waals surface area (Å²) in [4.78, 5) is 5.51. The first-order chi connectivity index (χ1) is 9.07. The van der Waals surface area contributed by atoms with E-state index in [1.807, 2.05) is 0 Å². The van der Waals surface area contributed by atoms with Gasteiger partial charge in [0.05, 0.1) is 4.90 Å². The maximum absolute atomic E-state index is 12.4. The monoisotopic (exact) mass is 286 g/mol. The lowest BCUT2D eigenvalue weighted by Crippen LogP contribution is -2.48. The minimum atomic E-state index is -3.37. The normalized spacial score (nSPS) is 18.8. The Morgan fingerprint density at radius 3 is 2.53 bits per heavy atom. The molecule has 0 aliphatic carbocycles. The van der Waals surface area contributed by atoms with Crippen molar-refractivity contribution in [3.63, 3.8) is 0 Å². The van der Waals surface area contributed by atoms with Gasteiger partial charge >= 0.3 is 0 Å². The number of aromatic nitrogens is 1. The summed E-state index contributed by atoms with van der Waals surface area (Å²) in [5.41, 5.74) is 6.23. The van der Waals surface area contributed by atoms with Crippen LogP contribution in [-0.2, 0) is 16.6 Å². The van der Waals surface area contributed by atoms with Gasteiger partial charge in [-0.3, -0.25) is 0 Å². The molecule has 0 unspecified atom stereocenters. The van der Waals surface area contributed by atoms with Gasteiger partial charge < -0.3 is 15.6 Å². The number of rotatable bonds is 5. The van der Waals surface area contributed by atoms with E-state index in [2.05, 4.69) is 16.8 Å².